The third-order valence-corrected chi connectivity index (χ3v) is 2.56. The van der Waals surface area contributed by atoms with E-state index in [2.05, 4.69) is 29.6 Å². The topological polar surface area (TPSA) is 21.3 Å². The first-order valence-corrected chi connectivity index (χ1v) is 5.20. The van der Waals surface area contributed by atoms with Crippen LogP contribution >= 0.6 is 11.8 Å². The summed E-state index contributed by atoms with van der Waals surface area (Å²) in [6, 6.07) is 8.47. The van der Waals surface area contributed by atoms with Crippen LogP contribution in [0.5, 0.6) is 0 Å². The number of benzene rings is 1. The molecule has 1 aromatic rings. The van der Waals surface area contributed by atoms with E-state index in [1.54, 1.807) is 18.9 Å². The van der Waals surface area contributed by atoms with Crippen molar-refractivity contribution in [2.24, 2.45) is 0 Å². The summed E-state index contributed by atoms with van der Waals surface area (Å²) >= 11 is 1.71. The molecule has 13 heavy (non-hydrogen) atoms. The Kier molecular flexibility index (Phi) is 4.90. The van der Waals surface area contributed by atoms with E-state index in [0.29, 0.717) is 5.94 Å². The van der Waals surface area contributed by atoms with Gasteiger partial charge in [-0.1, -0.05) is 23.9 Å². The Bertz CT molecular complexity index is 252. The lowest BCUT2D eigenvalue weighted by Gasteiger charge is -2.03. The average molecular weight is 197 g/mol. The summed E-state index contributed by atoms with van der Waals surface area (Å²) in [4.78, 5) is 1.26. The van der Waals surface area contributed by atoms with Gasteiger partial charge in [-0.2, -0.15) is 0 Å². The highest BCUT2D eigenvalue weighted by Crippen LogP contribution is 2.18. The third kappa shape index (κ3) is 3.81. The summed E-state index contributed by atoms with van der Waals surface area (Å²) in [6.45, 7) is 0.918. The number of rotatable bonds is 5. The van der Waals surface area contributed by atoms with Gasteiger partial charge >= 0.3 is 0 Å². The Morgan fingerprint density at radius 2 is 2.31 bits per heavy atom. The van der Waals surface area contributed by atoms with Crippen LogP contribution in [-0.2, 0) is 11.3 Å². The maximum absolute atomic E-state index is 4.99. The zero-order valence-corrected chi connectivity index (χ0v) is 8.86. The molecule has 0 heterocycles. The van der Waals surface area contributed by atoms with E-state index in [1.165, 1.54) is 10.5 Å². The fourth-order valence-corrected chi connectivity index (χ4v) is 1.74. The van der Waals surface area contributed by atoms with Crippen molar-refractivity contribution in [1.29, 1.82) is 0 Å². The fourth-order valence-electron chi connectivity index (χ4n) is 1.08. The zero-order valence-electron chi connectivity index (χ0n) is 8.04. The van der Waals surface area contributed by atoms with Gasteiger partial charge in [0.05, 0.1) is 5.94 Å². The lowest BCUT2D eigenvalue weighted by Crippen LogP contribution is -2.04. The largest absolute Gasteiger partial charge is 0.374 e. The molecule has 72 valence electrons. The van der Waals surface area contributed by atoms with Gasteiger partial charge in [-0.05, 0) is 24.7 Å². The summed E-state index contributed by atoms with van der Waals surface area (Å²) in [5.74, 6) is 0.711. The predicted octanol–water partition coefficient (Wildman–Crippen LogP) is 2.10. The summed E-state index contributed by atoms with van der Waals surface area (Å²) in [5, 5.41) is 3.13. The quantitative estimate of drug-likeness (QED) is 0.577. The van der Waals surface area contributed by atoms with E-state index in [-0.39, 0.29) is 0 Å². The van der Waals surface area contributed by atoms with Gasteiger partial charge in [-0.15, -0.1) is 0 Å². The molecule has 0 amide bonds. The normalized spacial score (nSPS) is 10.3. The second-order valence-corrected chi connectivity index (χ2v) is 3.72. The molecule has 0 atom stereocenters. The van der Waals surface area contributed by atoms with E-state index >= 15 is 0 Å². The van der Waals surface area contributed by atoms with E-state index in [9.17, 15) is 0 Å². The van der Waals surface area contributed by atoms with Crippen LogP contribution in [0.3, 0.4) is 0 Å². The molecule has 1 N–H and O–H groups in total. The van der Waals surface area contributed by atoms with Crippen molar-refractivity contribution in [2.75, 3.05) is 20.1 Å². The molecule has 0 saturated carbocycles. The Morgan fingerprint density at radius 1 is 1.46 bits per heavy atom. The standard InChI is InChI=1S/C10H15NOS/c1-11-7-9-4-3-5-10(6-9)13-8-12-2/h3-6,11H,7-8H2,1-2H3. The molecule has 0 radical (unpaired) electrons. The number of methoxy groups -OCH3 is 1. The second kappa shape index (κ2) is 6.02. The van der Waals surface area contributed by atoms with E-state index in [0.717, 1.165) is 6.54 Å². The van der Waals surface area contributed by atoms with Crippen LogP contribution in [-0.4, -0.2) is 20.1 Å². The fraction of sp³-hybridized carbons (Fsp3) is 0.400. The van der Waals surface area contributed by atoms with E-state index in [4.69, 9.17) is 4.74 Å². The van der Waals surface area contributed by atoms with Crippen LogP contribution in [0.1, 0.15) is 5.56 Å². The first-order chi connectivity index (χ1) is 6.36. The molecule has 0 bridgehead atoms. The summed E-state index contributed by atoms with van der Waals surface area (Å²) in [7, 11) is 3.67. The third-order valence-electron chi connectivity index (χ3n) is 1.62. The second-order valence-electron chi connectivity index (χ2n) is 2.73. The zero-order chi connectivity index (χ0) is 9.52. The highest BCUT2D eigenvalue weighted by molar-refractivity contribution is 7.99. The van der Waals surface area contributed by atoms with Gasteiger partial charge in [0.25, 0.3) is 0 Å². The van der Waals surface area contributed by atoms with Gasteiger partial charge in [-0.3, -0.25) is 0 Å². The SMILES string of the molecule is CNCc1cccc(SCOC)c1. The monoisotopic (exact) mass is 197 g/mol. The van der Waals surface area contributed by atoms with Crippen molar-refractivity contribution < 1.29 is 4.74 Å². The molecular weight excluding hydrogens is 182 g/mol. The van der Waals surface area contributed by atoms with Crippen LogP contribution in [0.15, 0.2) is 29.2 Å². The van der Waals surface area contributed by atoms with Gasteiger partial charge in [0.1, 0.15) is 0 Å². The molecule has 0 aromatic heterocycles. The van der Waals surface area contributed by atoms with Gasteiger partial charge < -0.3 is 10.1 Å². The molecule has 0 unspecified atom stereocenters. The number of thioether (sulfide) groups is 1. The Balaban J connectivity index is 2.56. The molecule has 0 fully saturated rings. The Morgan fingerprint density at radius 3 is 3.00 bits per heavy atom. The summed E-state index contributed by atoms with van der Waals surface area (Å²) in [6.07, 6.45) is 0. The Hall–Kier alpha value is -0.510. The first-order valence-electron chi connectivity index (χ1n) is 4.22. The minimum Gasteiger partial charge on any atom is -0.374 e. The minimum atomic E-state index is 0.711. The maximum Gasteiger partial charge on any atom is 0.0963 e. The van der Waals surface area contributed by atoms with Gasteiger partial charge in [0, 0.05) is 18.6 Å². The number of hydrogen-bond donors (Lipinski definition) is 1. The number of ether oxygens (including phenoxy) is 1. The van der Waals surface area contributed by atoms with Crippen LogP contribution in [0.2, 0.25) is 0 Å². The molecule has 0 aliphatic rings. The minimum absolute atomic E-state index is 0.711. The highest BCUT2D eigenvalue weighted by Gasteiger charge is 1.95. The molecule has 3 heteroatoms. The number of nitrogens with one attached hydrogen (secondary N) is 1. The van der Waals surface area contributed by atoms with Crippen LogP contribution < -0.4 is 5.32 Å². The van der Waals surface area contributed by atoms with E-state index < -0.39 is 0 Å². The van der Waals surface area contributed by atoms with Crippen molar-refractivity contribution in [3.8, 4) is 0 Å². The van der Waals surface area contributed by atoms with Crippen LogP contribution in [0.25, 0.3) is 0 Å². The summed E-state index contributed by atoms with van der Waals surface area (Å²) in [5.41, 5.74) is 1.31. The Labute approximate surface area is 83.7 Å². The van der Waals surface area contributed by atoms with Crippen LogP contribution in [0.4, 0.5) is 0 Å². The lowest BCUT2D eigenvalue weighted by atomic mass is 10.2. The first kappa shape index (κ1) is 10.6. The molecule has 2 nitrogen and oxygen atoms in total. The molecule has 1 rings (SSSR count). The smallest absolute Gasteiger partial charge is 0.0963 e. The molecular formula is C10H15NOS. The summed E-state index contributed by atoms with van der Waals surface area (Å²) < 4.78 is 4.99. The molecule has 1 aromatic carbocycles. The van der Waals surface area contributed by atoms with Gasteiger partial charge in [0.2, 0.25) is 0 Å². The van der Waals surface area contributed by atoms with Gasteiger partial charge in [-0.25, -0.2) is 0 Å². The van der Waals surface area contributed by atoms with Crippen molar-refractivity contribution in [3.63, 3.8) is 0 Å². The molecule has 0 aliphatic heterocycles. The predicted molar refractivity (Wildman–Crippen MR) is 56.9 cm³/mol. The highest BCUT2D eigenvalue weighted by atomic mass is 32.2. The molecule has 0 spiro atoms. The average Bonchev–Trinajstić information content (AvgIpc) is 2.16. The lowest BCUT2D eigenvalue weighted by molar-refractivity contribution is 0.259. The van der Waals surface area contributed by atoms with Crippen molar-refractivity contribution in [2.45, 2.75) is 11.4 Å². The van der Waals surface area contributed by atoms with Crippen molar-refractivity contribution in [3.05, 3.63) is 29.8 Å². The maximum atomic E-state index is 4.99. The molecule has 0 saturated heterocycles. The van der Waals surface area contributed by atoms with Crippen molar-refractivity contribution >= 4 is 11.8 Å². The number of hydrogen-bond acceptors (Lipinski definition) is 3. The van der Waals surface area contributed by atoms with Gasteiger partial charge in [0.15, 0.2) is 0 Å². The van der Waals surface area contributed by atoms with Crippen LogP contribution in [0, 0.1) is 0 Å². The molecule has 0 aliphatic carbocycles. The van der Waals surface area contributed by atoms with Crippen molar-refractivity contribution in [1.82, 2.24) is 5.32 Å². The van der Waals surface area contributed by atoms with E-state index in [1.807, 2.05) is 7.05 Å².